The maximum absolute atomic E-state index is 11.2. The lowest BCUT2D eigenvalue weighted by Gasteiger charge is -2.30. The second-order valence-electron chi connectivity index (χ2n) is 5.14. The summed E-state index contributed by atoms with van der Waals surface area (Å²) in [6.45, 7) is 11.7. The first-order valence-corrected chi connectivity index (χ1v) is 5.36. The van der Waals surface area contributed by atoms with Gasteiger partial charge < -0.3 is 15.8 Å². The van der Waals surface area contributed by atoms with E-state index in [4.69, 9.17) is 10.5 Å². The number of primary amides is 1. The van der Waals surface area contributed by atoms with Gasteiger partial charge in [0, 0.05) is 6.04 Å². The van der Waals surface area contributed by atoms with Gasteiger partial charge in [0.2, 0.25) is 5.91 Å². The molecule has 0 aliphatic carbocycles. The number of carbonyl (C=O) groups excluding carboxylic acids is 1. The van der Waals surface area contributed by atoms with Gasteiger partial charge in [0.1, 0.15) is 6.04 Å². The molecule has 4 nitrogen and oxygen atoms in total. The molecule has 0 aromatic heterocycles. The average molecular weight is 216 g/mol. The average Bonchev–Trinajstić information content (AvgIpc) is 1.95. The van der Waals surface area contributed by atoms with Gasteiger partial charge in [-0.15, -0.1) is 0 Å². The third kappa shape index (κ3) is 6.47. The van der Waals surface area contributed by atoms with Gasteiger partial charge in [-0.3, -0.25) is 4.79 Å². The number of amides is 1. The Kier molecular flexibility index (Phi) is 5.24. The molecule has 15 heavy (non-hydrogen) atoms. The molecule has 0 radical (unpaired) electrons. The predicted molar refractivity (Wildman–Crippen MR) is 61.6 cm³/mol. The third-order valence-corrected chi connectivity index (χ3v) is 1.83. The quantitative estimate of drug-likeness (QED) is 0.721. The standard InChI is InChI=1S/C11H24N2O2/c1-7(2)13-9(10(12)14)8(3)15-11(4,5)6/h7-9,13H,1-6H3,(H2,12,14). The molecule has 0 spiro atoms. The summed E-state index contributed by atoms with van der Waals surface area (Å²) in [5.41, 5.74) is 5.05. The van der Waals surface area contributed by atoms with Crippen molar-refractivity contribution in [2.24, 2.45) is 5.73 Å². The van der Waals surface area contributed by atoms with Crippen LogP contribution in [0, 0.1) is 0 Å². The summed E-state index contributed by atoms with van der Waals surface area (Å²) in [6, 6.07) is -0.238. The van der Waals surface area contributed by atoms with Crippen molar-refractivity contribution in [3.63, 3.8) is 0 Å². The predicted octanol–water partition coefficient (Wildman–Crippen LogP) is 1.04. The Morgan fingerprint density at radius 3 is 2.00 bits per heavy atom. The van der Waals surface area contributed by atoms with E-state index < -0.39 is 6.04 Å². The van der Waals surface area contributed by atoms with Crippen LogP contribution in [0.4, 0.5) is 0 Å². The van der Waals surface area contributed by atoms with E-state index in [0.717, 1.165) is 0 Å². The van der Waals surface area contributed by atoms with E-state index in [-0.39, 0.29) is 23.7 Å². The molecule has 0 fully saturated rings. The molecule has 0 heterocycles. The van der Waals surface area contributed by atoms with Crippen LogP contribution in [0.3, 0.4) is 0 Å². The first-order chi connectivity index (χ1) is 6.63. The van der Waals surface area contributed by atoms with E-state index in [0.29, 0.717) is 0 Å². The summed E-state index contributed by atoms with van der Waals surface area (Å²) in [5.74, 6) is -0.375. The fourth-order valence-electron chi connectivity index (χ4n) is 1.43. The largest absolute Gasteiger partial charge is 0.371 e. The van der Waals surface area contributed by atoms with Crippen LogP contribution in [0.15, 0.2) is 0 Å². The van der Waals surface area contributed by atoms with Gasteiger partial charge in [0.15, 0.2) is 0 Å². The van der Waals surface area contributed by atoms with Gasteiger partial charge in [0.25, 0.3) is 0 Å². The zero-order valence-corrected chi connectivity index (χ0v) is 10.6. The van der Waals surface area contributed by atoms with Crippen LogP contribution in [0.2, 0.25) is 0 Å². The van der Waals surface area contributed by atoms with Crippen molar-refractivity contribution in [2.45, 2.75) is 65.3 Å². The third-order valence-electron chi connectivity index (χ3n) is 1.83. The van der Waals surface area contributed by atoms with Crippen LogP contribution >= 0.6 is 0 Å². The maximum atomic E-state index is 11.2. The first kappa shape index (κ1) is 14.4. The molecule has 0 saturated carbocycles. The lowest BCUT2D eigenvalue weighted by Crippen LogP contribution is -2.53. The summed E-state index contributed by atoms with van der Waals surface area (Å²) in [6.07, 6.45) is -0.232. The smallest absolute Gasteiger partial charge is 0.237 e. The van der Waals surface area contributed by atoms with E-state index in [1.165, 1.54) is 0 Å². The number of carbonyl (C=O) groups is 1. The molecule has 2 atom stereocenters. The van der Waals surface area contributed by atoms with Crippen molar-refractivity contribution in [1.29, 1.82) is 0 Å². The van der Waals surface area contributed by atoms with Crippen molar-refractivity contribution in [2.75, 3.05) is 0 Å². The molecular weight excluding hydrogens is 192 g/mol. The Balaban J connectivity index is 4.42. The zero-order valence-electron chi connectivity index (χ0n) is 10.6. The highest BCUT2D eigenvalue weighted by molar-refractivity contribution is 5.80. The molecule has 0 aliphatic heterocycles. The van der Waals surface area contributed by atoms with E-state index in [1.807, 2.05) is 41.5 Å². The van der Waals surface area contributed by atoms with Gasteiger partial charge in [0.05, 0.1) is 11.7 Å². The van der Waals surface area contributed by atoms with Crippen molar-refractivity contribution in [3.8, 4) is 0 Å². The Labute approximate surface area is 92.6 Å². The van der Waals surface area contributed by atoms with Crippen LogP contribution in [0.5, 0.6) is 0 Å². The second kappa shape index (κ2) is 5.47. The Morgan fingerprint density at radius 1 is 1.27 bits per heavy atom. The molecule has 3 N–H and O–H groups in total. The van der Waals surface area contributed by atoms with Crippen LogP contribution in [-0.4, -0.2) is 29.7 Å². The van der Waals surface area contributed by atoms with Gasteiger partial charge in [-0.2, -0.15) is 0 Å². The molecule has 2 unspecified atom stereocenters. The summed E-state index contributed by atoms with van der Waals surface area (Å²) < 4.78 is 5.70. The number of rotatable bonds is 5. The van der Waals surface area contributed by atoms with Crippen molar-refractivity contribution >= 4 is 5.91 Å². The van der Waals surface area contributed by atoms with E-state index >= 15 is 0 Å². The topological polar surface area (TPSA) is 64.3 Å². The number of nitrogens with two attached hydrogens (primary N) is 1. The monoisotopic (exact) mass is 216 g/mol. The molecule has 0 rings (SSSR count). The highest BCUT2D eigenvalue weighted by atomic mass is 16.5. The van der Waals surface area contributed by atoms with Gasteiger partial charge in [-0.1, -0.05) is 13.8 Å². The summed E-state index contributed by atoms with van der Waals surface area (Å²) in [4.78, 5) is 11.2. The number of ether oxygens (including phenoxy) is 1. The van der Waals surface area contributed by atoms with Gasteiger partial charge >= 0.3 is 0 Å². The summed E-state index contributed by atoms with van der Waals surface area (Å²) in [7, 11) is 0. The van der Waals surface area contributed by atoms with Crippen LogP contribution in [0.1, 0.15) is 41.5 Å². The Hall–Kier alpha value is -0.610. The second-order valence-corrected chi connectivity index (χ2v) is 5.14. The number of hydrogen-bond donors (Lipinski definition) is 2. The van der Waals surface area contributed by atoms with Crippen LogP contribution < -0.4 is 11.1 Å². The molecule has 0 aliphatic rings. The fourth-order valence-corrected chi connectivity index (χ4v) is 1.43. The molecule has 90 valence electrons. The Morgan fingerprint density at radius 2 is 1.73 bits per heavy atom. The fraction of sp³-hybridized carbons (Fsp3) is 0.909. The van der Waals surface area contributed by atoms with Crippen LogP contribution in [-0.2, 0) is 9.53 Å². The van der Waals surface area contributed by atoms with Gasteiger partial charge in [-0.05, 0) is 27.7 Å². The minimum atomic E-state index is -0.441. The minimum Gasteiger partial charge on any atom is -0.371 e. The van der Waals surface area contributed by atoms with E-state index in [9.17, 15) is 4.79 Å². The zero-order chi connectivity index (χ0) is 12.2. The minimum absolute atomic E-state index is 0.202. The molecule has 0 aromatic rings. The van der Waals surface area contributed by atoms with Gasteiger partial charge in [-0.25, -0.2) is 0 Å². The first-order valence-electron chi connectivity index (χ1n) is 5.36. The van der Waals surface area contributed by atoms with E-state index in [1.54, 1.807) is 0 Å². The molecule has 0 bridgehead atoms. The van der Waals surface area contributed by atoms with Crippen LogP contribution in [0.25, 0.3) is 0 Å². The van der Waals surface area contributed by atoms with Crippen molar-refractivity contribution in [1.82, 2.24) is 5.32 Å². The highest BCUT2D eigenvalue weighted by Gasteiger charge is 2.27. The normalized spacial score (nSPS) is 16.5. The molecule has 0 aromatic carbocycles. The summed E-state index contributed by atoms with van der Waals surface area (Å²) in [5, 5.41) is 3.10. The molecule has 4 heteroatoms. The highest BCUT2D eigenvalue weighted by Crippen LogP contribution is 2.13. The van der Waals surface area contributed by atoms with Crippen molar-refractivity contribution < 1.29 is 9.53 Å². The number of hydrogen-bond acceptors (Lipinski definition) is 3. The molecule has 0 saturated heterocycles. The number of nitrogens with one attached hydrogen (secondary N) is 1. The lowest BCUT2D eigenvalue weighted by molar-refractivity contribution is -0.128. The lowest BCUT2D eigenvalue weighted by atomic mass is 10.1. The van der Waals surface area contributed by atoms with Crippen molar-refractivity contribution in [3.05, 3.63) is 0 Å². The molecule has 1 amide bonds. The summed E-state index contributed by atoms with van der Waals surface area (Å²) >= 11 is 0. The molecular formula is C11H24N2O2. The Bertz CT molecular complexity index is 209. The van der Waals surface area contributed by atoms with E-state index in [2.05, 4.69) is 5.32 Å². The maximum Gasteiger partial charge on any atom is 0.237 e. The SMILES string of the molecule is CC(C)NC(C(N)=O)C(C)OC(C)(C)C.